The van der Waals surface area contributed by atoms with Gasteiger partial charge in [-0.3, -0.25) is 0 Å². The van der Waals surface area contributed by atoms with E-state index in [9.17, 15) is 0 Å². The van der Waals surface area contributed by atoms with Crippen molar-refractivity contribution in [1.29, 1.82) is 0 Å². The van der Waals surface area contributed by atoms with Crippen molar-refractivity contribution in [3.63, 3.8) is 0 Å². The molecule has 1 saturated carbocycles. The molecule has 0 amide bonds. The van der Waals surface area contributed by atoms with Crippen LogP contribution in [0.2, 0.25) is 0 Å². The molecule has 17 heavy (non-hydrogen) atoms. The predicted octanol–water partition coefficient (Wildman–Crippen LogP) is 2.68. The molecule has 0 bridgehead atoms. The molecule has 1 fully saturated rings. The first-order valence-corrected chi connectivity index (χ1v) is 6.74. The summed E-state index contributed by atoms with van der Waals surface area (Å²) in [6.07, 6.45) is 2.28. The van der Waals surface area contributed by atoms with Crippen LogP contribution in [0.5, 0.6) is 0 Å². The Morgan fingerprint density at radius 1 is 1.47 bits per heavy atom. The van der Waals surface area contributed by atoms with E-state index in [1.807, 2.05) is 0 Å². The molecule has 1 heterocycles. The lowest BCUT2D eigenvalue weighted by molar-refractivity contribution is 0.319. The standard InChI is InChI=1S/C13H23N3O/c1-5-11(14-6-2)9(4)13-15-12(16-17-13)10-7-8(10)3/h8-11,14H,5-7H2,1-4H3. The Hall–Kier alpha value is -0.900. The van der Waals surface area contributed by atoms with Crippen LogP contribution in [0.3, 0.4) is 0 Å². The van der Waals surface area contributed by atoms with E-state index in [1.54, 1.807) is 0 Å². The van der Waals surface area contributed by atoms with Crippen molar-refractivity contribution >= 4 is 0 Å². The quantitative estimate of drug-likeness (QED) is 0.826. The second-order valence-corrected chi connectivity index (χ2v) is 5.17. The molecule has 0 aliphatic heterocycles. The molecule has 96 valence electrons. The highest BCUT2D eigenvalue weighted by Gasteiger charge is 2.38. The van der Waals surface area contributed by atoms with E-state index in [0.29, 0.717) is 12.0 Å². The lowest BCUT2D eigenvalue weighted by Gasteiger charge is -2.20. The van der Waals surface area contributed by atoms with Crippen molar-refractivity contribution in [2.24, 2.45) is 5.92 Å². The van der Waals surface area contributed by atoms with Crippen LogP contribution in [0.15, 0.2) is 4.52 Å². The summed E-state index contributed by atoms with van der Waals surface area (Å²) in [6, 6.07) is 0.421. The van der Waals surface area contributed by atoms with Gasteiger partial charge in [-0.05, 0) is 25.3 Å². The third-order valence-electron chi connectivity index (χ3n) is 3.80. The van der Waals surface area contributed by atoms with E-state index in [2.05, 4.69) is 43.2 Å². The van der Waals surface area contributed by atoms with Crippen LogP contribution in [0.25, 0.3) is 0 Å². The van der Waals surface area contributed by atoms with Crippen molar-refractivity contribution in [1.82, 2.24) is 15.5 Å². The van der Waals surface area contributed by atoms with Crippen molar-refractivity contribution < 1.29 is 4.52 Å². The summed E-state index contributed by atoms with van der Waals surface area (Å²) < 4.78 is 5.40. The normalized spacial score (nSPS) is 26.8. The van der Waals surface area contributed by atoms with Crippen molar-refractivity contribution in [3.8, 4) is 0 Å². The van der Waals surface area contributed by atoms with E-state index in [4.69, 9.17) is 4.52 Å². The third-order valence-corrected chi connectivity index (χ3v) is 3.80. The van der Waals surface area contributed by atoms with Gasteiger partial charge < -0.3 is 9.84 Å². The minimum absolute atomic E-state index is 0.287. The highest BCUT2D eigenvalue weighted by molar-refractivity contribution is 5.09. The van der Waals surface area contributed by atoms with Crippen LogP contribution in [-0.2, 0) is 0 Å². The molecule has 1 aromatic rings. The lowest BCUT2D eigenvalue weighted by Crippen LogP contribution is -2.33. The highest BCUT2D eigenvalue weighted by atomic mass is 16.5. The molecular formula is C13H23N3O. The zero-order valence-electron chi connectivity index (χ0n) is 11.2. The van der Waals surface area contributed by atoms with Crippen LogP contribution < -0.4 is 5.32 Å². The molecule has 1 aliphatic carbocycles. The number of hydrogen-bond donors (Lipinski definition) is 1. The molecular weight excluding hydrogens is 214 g/mol. The molecule has 0 saturated heterocycles. The Labute approximate surface area is 103 Å². The van der Waals surface area contributed by atoms with Crippen LogP contribution in [0, 0.1) is 5.92 Å². The van der Waals surface area contributed by atoms with Gasteiger partial charge in [-0.2, -0.15) is 4.98 Å². The second-order valence-electron chi connectivity index (χ2n) is 5.17. The summed E-state index contributed by atoms with van der Waals surface area (Å²) >= 11 is 0. The van der Waals surface area contributed by atoms with Gasteiger partial charge in [0.2, 0.25) is 5.89 Å². The number of aromatic nitrogens is 2. The Bertz CT molecular complexity index is 363. The van der Waals surface area contributed by atoms with Gasteiger partial charge in [-0.15, -0.1) is 0 Å². The monoisotopic (exact) mass is 237 g/mol. The van der Waals surface area contributed by atoms with Gasteiger partial charge in [0.1, 0.15) is 0 Å². The Morgan fingerprint density at radius 3 is 2.71 bits per heavy atom. The SMILES string of the molecule is CCNC(CC)C(C)c1nc(C2CC2C)no1. The molecule has 4 unspecified atom stereocenters. The predicted molar refractivity (Wildman–Crippen MR) is 67.0 cm³/mol. The molecule has 4 heteroatoms. The van der Waals surface area contributed by atoms with Crippen molar-refractivity contribution in [2.75, 3.05) is 6.54 Å². The molecule has 1 aliphatic rings. The molecule has 4 atom stereocenters. The smallest absolute Gasteiger partial charge is 0.231 e. The Morgan fingerprint density at radius 2 is 2.18 bits per heavy atom. The van der Waals surface area contributed by atoms with Gasteiger partial charge >= 0.3 is 0 Å². The topological polar surface area (TPSA) is 51.0 Å². The van der Waals surface area contributed by atoms with E-state index >= 15 is 0 Å². The average molecular weight is 237 g/mol. The Kier molecular flexibility index (Phi) is 3.82. The molecule has 4 nitrogen and oxygen atoms in total. The fourth-order valence-corrected chi connectivity index (χ4v) is 2.37. The first-order valence-electron chi connectivity index (χ1n) is 6.74. The number of hydrogen-bond acceptors (Lipinski definition) is 4. The summed E-state index contributed by atoms with van der Waals surface area (Å²) in [6.45, 7) is 9.68. The summed E-state index contributed by atoms with van der Waals surface area (Å²) in [5.74, 6) is 3.25. The number of likely N-dealkylation sites (N-methyl/N-ethyl adjacent to an activating group) is 1. The molecule has 1 aromatic heterocycles. The fourth-order valence-electron chi connectivity index (χ4n) is 2.37. The number of nitrogens with zero attached hydrogens (tertiary/aromatic N) is 2. The zero-order valence-corrected chi connectivity index (χ0v) is 11.2. The molecule has 0 spiro atoms. The van der Waals surface area contributed by atoms with E-state index in [1.165, 1.54) is 6.42 Å². The molecule has 0 radical (unpaired) electrons. The van der Waals surface area contributed by atoms with Crippen LogP contribution in [0.4, 0.5) is 0 Å². The molecule has 1 N–H and O–H groups in total. The number of nitrogens with one attached hydrogen (secondary N) is 1. The van der Waals surface area contributed by atoms with Gasteiger partial charge in [-0.1, -0.05) is 32.9 Å². The van der Waals surface area contributed by atoms with Crippen LogP contribution >= 0.6 is 0 Å². The van der Waals surface area contributed by atoms with Crippen molar-refractivity contribution in [3.05, 3.63) is 11.7 Å². The summed E-state index contributed by atoms with van der Waals surface area (Å²) in [5, 5.41) is 7.58. The minimum Gasteiger partial charge on any atom is -0.339 e. The van der Waals surface area contributed by atoms with Crippen LogP contribution in [-0.4, -0.2) is 22.7 Å². The van der Waals surface area contributed by atoms with Gasteiger partial charge in [0.25, 0.3) is 0 Å². The van der Waals surface area contributed by atoms with Gasteiger partial charge in [0.05, 0.1) is 5.92 Å². The zero-order chi connectivity index (χ0) is 12.4. The summed E-state index contributed by atoms with van der Waals surface area (Å²) in [5.41, 5.74) is 0. The van der Waals surface area contributed by atoms with E-state index < -0.39 is 0 Å². The molecule has 0 aromatic carbocycles. The Balaban J connectivity index is 2.02. The summed E-state index contributed by atoms with van der Waals surface area (Å²) in [4.78, 5) is 4.56. The van der Waals surface area contributed by atoms with Crippen molar-refractivity contribution in [2.45, 2.75) is 58.4 Å². The third kappa shape index (κ3) is 2.68. The lowest BCUT2D eigenvalue weighted by atomic mass is 9.99. The van der Waals surface area contributed by atoms with E-state index in [-0.39, 0.29) is 5.92 Å². The van der Waals surface area contributed by atoms with Gasteiger partial charge in [-0.25, -0.2) is 0 Å². The fraction of sp³-hybridized carbons (Fsp3) is 0.846. The van der Waals surface area contributed by atoms with Gasteiger partial charge in [0.15, 0.2) is 5.82 Å². The largest absolute Gasteiger partial charge is 0.339 e. The summed E-state index contributed by atoms with van der Waals surface area (Å²) in [7, 11) is 0. The highest BCUT2D eigenvalue weighted by Crippen LogP contribution is 2.45. The second kappa shape index (κ2) is 5.17. The number of rotatable bonds is 6. The maximum atomic E-state index is 5.40. The average Bonchev–Trinajstić information content (AvgIpc) is 2.87. The van der Waals surface area contributed by atoms with Gasteiger partial charge in [0, 0.05) is 12.0 Å². The maximum Gasteiger partial charge on any atom is 0.231 e. The minimum atomic E-state index is 0.287. The van der Waals surface area contributed by atoms with Crippen LogP contribution in [0.1, 0.15) is 64.1 Å². The molecule has 2 rings (SSSR count). The first-order chi connectivity index (χ1) is 8.17. The van der Waals surface area contributed by atoms with E-state index in [0.717, 1.165) is 30.6 Å². The first kappa shape index (κ1) is 12.6. The maximum absolute atomic E-state index is 5.40.